The van der Waals surface area contributed by atoms with E-state index in [4.69, 9.17) is 10.4 Å². The summed E-state index contributed by atoms with van der Waals surface area (Å²) in [7, 11) is 0. The molecule has 1 aromatic rings. The molecule has 0 amide bonds. The first-order chi connectivity index (χ1) is 7.83. The minimum atomic E-state index is 0.271. The Morgan fingerprint density at radius 3 is 2.75 bits per heavy atom. The Labute approximate surface area is 95.9 Å². The van der Waals surface area contributed by atoms with E-state index in [1.165, 1.54) is 0 Å². The van der Waals surface area contributed by atoms with E-state index >= 15 is 0 Å². The van der Waals surface area contributed by atoms with E-state index in [2.05, 4.69) is 11.0 Å². The average molecular weight is 216 g/mol. The molecule has 0 bridgehead atoms. The zero-order valence-electron chi connectivity index (χ0n) is 9.26. The molecule has 16 heavy (non-hydrogen) atoms. The smallest absolute Gasteiger partial charge is 0.0991 e. The van der Waals surface area contributed by atoms with Crippen LogP contribution in [-0.4, -0.2) is 24.8 Å². The lowest BCUT2D eigenvalue weighted by Crippen LogP contribution is -2.36. The molecule has 0 radical (unpaired) electrons. The van der Waals surface area contributed by atoms with Gasteiger partial charge >= 0.3 is 0 Å². The summed E-state index contributed by atoms with van der Waals surface area (Å²) >= 11 is 0. The van der Waals surface area contributed by atoms with Crippen LogP contribution in [0, 0.1) is 17.2 Å². The van der Waals surface area contributed by atoms with Gasteiger partial charge < -0.3 is 10.0 Å². The van der Waals surface area contributed by atoms with Gasteiger partial charge in [0.1, 0.15) is 0 Å². The van der Waals surface area contributed by atoms with Crippen molar-refractivity contribution >= 4 is 5.69 Å². The van der Waals surface area contributed by atoms with Crippen LogP contribution in [0.4, 0.5) is 5.69 Å². The van der Waals surface area contributed by atoms with Gasteiger partial charge in [0.15, 0.2) is 0 Å². The first kappa shape index (κ1) is 11.0. The Morgan fingerprint density at radius 1 is 1.38 bits per heavy atom. The zero-order chi connectivity index (χ0) is 11.4. The third kappa shape index (κ3) is 2.34. The first-order valence-electron chi connectivity index (χ1n) is 5.69. The summed E-state index contributed by atoms with van der Waals surface area (Å²) in [6.45, 7) is 2.23. The van der Waals surface area contributed by atoms with Crippen LogP contribution in [-0.2, 0) is 0 Å². The van der Waals surface area contributed by atoms with E-state index in [9.17, 15) is 0 Å². The van der Waals surface area contributed by atoms with Crippen LogP contribution in [0.25, 0.3) is 0 Å². The maximum atomic E-state index is 9.17. The van der Waals surface area contributed by atoms with Gasteiger partial charge in [0.25, 0.3) is 0 Å². The highest BCUT2D eigenvalue weighted by atomic mass is 16.3. The second kappa shape index (κ2) is 5.00. The van der Waals surface area contributed by atoms with Crippen molar-refractivity contribution in [2.45, 2.75) is 12.8 Å². The van der Waals surface area contributed by atoms with Crippen molar-refractivity contribution < 1.29 is 5.11 Å². The summed E-state index contributed by atoms with van der Waals surface area (Å²) in [4.78, 5) is 2.28. The summed E-state index contributed by atoms with van der Waals surface area (Å²) < 4.78 is 0. The molecule has 1 aliphatic heterocycles. The normalized spacial score (nSPS) is 20.5. The SMILES string of the molecule is N#Cc1ccc(N2CCCC(CO)C2)cc1. The monoisotopic (exact) mass is 216 g/mol. The van der Waals surface area contributed by atoms with E-state index in [1.54, 1.807) is 0 Å². The summed E-state index contributed by atoms with van der Waals surface area (Å²) in [5.74, 6) is 0.393. The lowest BCUT2D eigenvalue weighted by Gasteiger charge is -2.33. The van der Waals surface area contributed by atoms with Crippen molar-refractivity contribution in [3.05, 3.63) is 29.8 Å². The number of rotatable bonds is 2. The van der Waals surface area contributed by atoms with Crippen LogP contribution >= 0.6 is 0 Å². The molecule has 1 atom stereocenters. The van der Waals surface area contributed by atoms with Crippen molar-refractivity contribution in [2.75, 3.05) is 24.6 Å². The zero-order valence-corrected chi connectivity index (χ0v) is 9.26. The van der Waals surface area contributed by atoms with Crippen molar-refractivity contribution in [1.82, 2.24) is 0 Å². The van der Waals surface area contributed by atoms with Gasteiger partial charge in [-0.25, -0.2) is 0 Å². The van der Waals surface area contributed by atoms with Crippen LogP contribution in [0.3, 0.4) is 0 Å². The summed E-state index contributed by atoms with van der Waals surface area (Å²) in [6, 6.07) is 9.78. The van der Waals surface area contributed by atoms with Crippen LogP contribution in [0.15, 0.2) is 24.3 Å². The lowest BCUT2D eigenvalue weighted by atomic mass is 9.98. The minimum Gasteiger partial charge on any atom is -0.396 e. The van der Waals surface area contributed by atoms with Crippen molar-refractivity contribution in [1.29, 1.82) is 5.26 Å². The number of hydrogen-bond donors (Lipinski definition) is 1. The molecular weight excluding hydrogens is 200 g/mol. The molecule has 1 saturated heterocycles. The number of piperidine rings is 1. The molecule has 1 aromatic carbocycles. The van der Waals surface area contributed by atoms with Gasteiger partial charge in [-0.2, -0.15) is 5.26 Å². The van der Waals surface area contributed by atoms with Gasteiger partial charge in [-0.05, 0) is 43.0 Å². The van der Waals surface area contributed by atoms with Gasteiger partial charge in [0.2, 0.25) is 0 Å². The molecule has 2 rings (SSSR count). The fraction of sp³-hybridized carbons (Fsp3) is 0.462. The van der Waals surface area contributed by atoms with Gasteiger partial charge in [-0.3, -0.25) is 0 Å². The molecule has 1 aliphatic rings. The molecule has 3 nitrogen and oxygen atoms in total. The third-order valence-electron chi connectivity index (χ3n) is 3.14. The molecular formula is C13H16N2O. The van der Waals surface area contributed by atoms with Gasteiger partial charge in [0.05, 0.1) is 11.6 Å². The predicted octanol–water partition coefficient (Wildman–Crippen LogP) is 1.77. The van der Waals surface area contributed by atoms with E-state index in [1.807, 2.05) is 24.3 Å². The van der Waals surface area contributed by atoms with E-state index in [0.717, 1.165) is 31.6 Å². The second-order valence-corrected chi connectivity index (χ2v) is 4.30. The molecule has 0 spiro atoms. The maximum Gasteiger partial charge on any atom is 0.0991 e. The van der Waals surface area contributed by atoms with Crippen LogP contribution < -0.4 is 4.90 Å². The van der Waals surface area contributed by atoms with Crippen molar-refractivity contribution in [3.8, 4) is 6.07 Å². The number of nitrogens with zero attached hydrogens (tertiary/aromatic N) is 2. The van der Waals surface area contributed by atoms with Crippen molar-refractivity contribution in [2.24, 2.45) is 5.92 Å². The lowest BCUT2D eigenvalue weighted by molar-refractivity contribution is 0.209. The fourth-order valence-corrected chi connectivity index (χ4v) is 2.20. The summed E-state index contributed by atoms with van der Waals surface area (Å²) in [6.07, 6.45) is 2.24. The van der Waals surface area contributed by atoms with Crippen LogP contribution in [0.2, 0.25) is 0 Å². The highest BCUT2D eigenvalue weighted by Gasteiger charge is 2.19. The highest BCUT2D eigenvalue weighted by molar-refractivity contribution is 5.50. The first-order valence-corrected chi connectivity index (χ1v) is 5.69. The fourth-order valence-electron chi connectivity index (χ4n) is 2.20. The molecule has 0 aromatic heterocycles. The van der Waals surface area contributed by atoms with Crippen LogP contribution in [0.5, 0.6) is 0 Å². The highest BCUT2D eigenvalue weighted by Crippen LogP contribution is 2.23. The Hall–Kier alpha value is -1.53. The Bertz CT molecular complexity index is 380. The number of anilines is 1. The number of benzene rings is 1. The Kier molecular flexibility index (Phi) is 3.43. The predicted molar refractivity (Wildman–Crippen MR) is 63.2 cm³/mol. The standard InChI is InChI=1S/C13H16N2O/c14-8-11-3-5-13(6-4-11)15-7-1-2-12(9-15)10-16/h3-6,12,16H,1-2,7,9-10H2. The number of aliphatic hydroxyl groups is 1. The van der Waals surface area contributed by atoms with Gasteiger partial charge in [0, 0.05) is 25.4 Å². The molecule has 3 heteroatoms. The molecule has 1 unspecified atom stereocenters. The average Bonchev–Trinajstić information content (AvgIpc) is 2.39. The maximum absolute atomic E-state index is 9.17. The topological polar surface area (TPSA) is 47.3 Å². The molecule has 84 valence electrons. The largest absolute Gasteiger partial charge is 0.396 e. The Balaban J connectivity index is 2.08. The summed E-state index contributed by atoms with van der Waals surface area (Å²) in [5.41, 5.74) is 1.84. The minimum absolute atomic E-state index is 0.271. The molecule has 1 N–H and O–H groups in total. The molecule has 1 fully saturated rings. The van der Waals surface area contributed by atoms with Gasteiger partial charge in [-0.15, -0.1) is 0 Å². The van der Waals surface area contributed by atoms with Gasteiger partial charge in [-0.1, -0.05) is 0 Å². The molecule has 0 aliphatic carbocycles. The van der Waals surface area contributed by atoms with E-state index < -0.39 is 0 Å². The number of nitriles is 1. The Morgan fingerprint density at radius 2 is 2.12 bits per heavy atom. The van der Waals surface area contributed by atoms with Crippen molar-refractivity contribution in [3.63, 3.8) is 0 Å². The quantitative estimate of drug-likeness (QED) is 0.819. The van der Waals surface area contributed by atoms with E-state index in [-0.39, 0.29) is 6.61 Å². The van der Waals surface area contributed by atoms with E-state index in [0.29, 0.717) is 11.5 Å². The number of aliphatic hydroxyl groups excluding tert-OH is 1. The second-order valence-electron chi connectivity index (χ2n) is 4.30. The third-order valence-corrected chi connectivity index (χ3v) is 3.14. The number of hydrogen-bond acceptors (Lipinski definition) is 3. The molecule has 1 heterocycles. The summed E-state index contributed by atoms with van der Waals surface area (Å²) in [5, 5.41) is 17.9. The van der Waals surface area contributed by atoms with Crippen LogP contribution in [0.1, 0.15) is 18.4 Å². The molecule has 0 saturated carbocycles.